The normalized spacial score (nSPS) is 11.0. The van der Waals surface area contributed by atoms with E-state index in [4.69, 9.17) is 10.3 Å². The van der Waals surface area contributed by atoms with Gasteiger partial charge in [-0.1, -0.05) is 23.4 Å². The van der Waals surface area contributed by atoms with Crippen LogP contribution in [0.1, 0.15) is 11.3 Å². The number of nitrogens with zero attached hydrogens (tertiary/aromatic N) is 2. The second-order valence-corrected chi connectivity index (χ2v) is 3.98. The van der Waals surface area contributed by atoms with Crippen LogP contribution in [0.2, 0.25) is 0 Å². The second-order valence-electron chi connectivity index (χ2n) is 3.98. The molecule has 0 amide bonds. The number of hydrogen-bond acceptors (Lipinski definition) is 4. The molecule has 1 aromatic heterocycles. The Morgan fingerprint density at radius 3 is 2.76 bits per heavy atom. The topological polar surface area (TPSA) is 55.3 Å². The summed E-state index contributed by atoms with van der Waals surface area (Å²) in [7, 11) is 1.88. The number of benzene rings is 1. The molecule has 2 aromatic rings. The Morgan fingerprint density at radius 2 is 2.12 bits per heavy atom. The molecule has 5 heteroatoms. The fourth-order valence-electron chi connectivity index (χ4n) is 1.64. The third-order valence-corrected chi connectivity index (χ3v) is 2.40. The molecule has 4 nitrogen and oxygen atoms in total. The summed E-state index contributed by atoms with van der Waals surface area (Å²) in [6, 6.07) is 8.38. The van der Waals surface area contributed by atoms with E-state index in [-0.39, 0.29) is 5.82 Å². The lowest BCUT2D eigenvalue weighted by molar-refractivity contribution is 0.264. The minimum absolute atomic E-state index is 0.198. The van der Waals surface area contributed by atoms with Crippen molar-refractivity contribution in [3.63, 3.8) is 0 Å². The van der Waals surface area contributed by atoms with Crippen LogP contribution in [0.4, 0.5) is 10.2 Å². The standard InChI is InChI=1S/C12H14FN3O/c1-16(8-10-6-12(14)15-17-10)7-9-4-2-3-5-11(9)13/h2-6H,7-8H2,1H3,(H2,14,15). The van der Waals surface area contributed by atoms with Crippen molar-refractivity contribution in [1.82, 2.24) is 10.1 Å². The van der Waals surface area contributed by atoms with Crippen LogP contribution in [0.5, 0.6) is 0 Å². The molecule has 0 unspecified atom stereocenters. The molecule has 1 heterocycles. The van der Waals surface area contributed by atoms with E-state index < -0.39 is 0 Å². The van der Waals surface area contributed by atoms with Gasteiger partial charge in [0.1, 0.15) is 5.82 Å². The zero-order chi connectivity index (χ0) is 12.3. The van der Waals surface area contributed by atoms with E-state index in [0.717, 1.165) is 0 Å². The highest BCUT2D eigenvalue weighted by atomic mass is 19.1. The second kappa shape index (κ2) is 4.97. The van der Waals surface area contributed by atoms with Crippen LogP contribution < -0.4 is 5.73 Å². The number of anilines is 1. The van der Waals surface area contributed by atoms with Crippen molar-refractivity contribution < 1.29 is 8.91 Å². The largest absolute Gasteiger partial charge is 0.381 e. The Morgan fingerprint density at radius 1 is 1.35 bits per heavy atom. The van der Waals surface area contributed by atoms with Crippen molar-refractivity contribution in [2.45, 2.75) is 13.1 Å². The summed E-state index contributed by atoms with van der Waals surface area (Å²) >= 11 is 0. The summed E-state index contributed by atoms with van der Waals surface area (Å²) in [6.07, 6.45) is 0. The van der Waals surface area contributed by atoms with E-state index in [1.807, 2.05) is 18.0 Å². The summed E-state index contributed by atoms with van der Waals surface area (Å²) in [6.45, 7) is 1.05. The third-order valence-electron chi connectivity index (χ3n) is 2.40. The van der Waals surface area contributed by atoms with Gasteiger partial charge in [0.2, 0.25) is 0 Å². The average Bonchev–Trinajstić information content (AvgIpc) is 2.67. The lowest BCUT2D eigenvalue weighted by Crippen LogP contribution is -2.17. The van der Waals surface area contributed by atoms with Gasteiger partial charge in [0.05, 0.1) is 6.54 Å². The quantitative estimate of drug-likeness (QED) is 0.881. The monoisotopic (exact) mass is 235 g/mol. The van der Waals surface area contributed by atoms with Crippen molar-refractivity contribution in [2.24, 2.45) is 0 Å². The molecular weight excluding hydrogens is 221 g/mol. The van der Waals surface area contributed by atoms with Crippen LogP contribution in [0.25, 0.3) is 0 Å². The summed E-state index contributed by atoms with van der Waals surface area (Å²) < 4.78 is 18.4. The SMILES string of the molecule is CN(Cc1cc(N)no1)Cc1ccccc1F. The van der Waals surface area contributed by atoms with Gasteiger partial charge in [0.25, 0.3) is 0 Å². The third kappa shape index (κ3) is 3.04. The van der Waals surface area contributed by atoms with E-state index in [0.29, 0.717) is 30.2 Å². The number of halogens is 1. The number of aromatic nitrogens is 1. The van der Waals surface area contributed by atoms with Crippen molar-refractivity contribution in [1.29, 1.82) is 0 Å². The summed E-state index contributed by atoms with van der Waals surface area (Å²) in [5, 5.41) is 3.60. The molecule has 1 aromatic carbocycles. The van der Waals surface area contributed by atoms with Gasteiger partial charge in [-0.3, -0.25) is 4.90 Å². The fraction of sp³-hybridized carbons (Fsp3) is 0.250. The van der Waals surface area contributed by atoms with Gasteiger partial charge in [-0.2, -0.15) is 0 Å². The van der Waals surface area contributed by atoms with E-state index in [1.165, 1.54) is 6.07 Å². The zero-order valence-electron chi connectivity index (χ0n) is 9.56. The lowest BCUT2D eigenvalue weighted by atomic mass is 10.2. The molecule has 0 saturated heterocycles. The maximum Gasteiger partial charge on any atom is 0.167 e. The Hall–Kier alpha value is -1.88. The minimum atomic E-state index is -0.198. The molecular formula is C12H14FN3O. The average molecular weight is 235 g/mol. The molecule has 0 aliphatic heterocycles. The first-order chi connectivity index (χ1) is 8.15. The molecule has 0 bridgehead atoms. The van der Waals surface area contributed by atoms with Crippen molar-refractivity contribution in [3.8, 4) is 0 Å². The maximum absolute atomic E-state index is 13.4. The first-order valence-electron chi connectivity index (χ1n) is 5.28. The molecule has 0 spiro atoms. The van der Waals surface area contributed by atoms with Gasteiger partial charge in [-0.05, 0) is 13.1 Å². The molecule has 90 valence electrons. The van der Waals surface area contributed by atoms with E-state index in [1.54, 1.807) is 18.2 Å². The predicted octanol–water partition coefficient (Wildman–Crippen LogP) is 2.03. The minimum Gasteiger partial charge on any atom is -0.381 e. The Balaban J connectivity index is 1.98. The first kappa shape index (κ1) is 11.6. The lowest BCUT2D eigenvalue weighted by Gasteiger charge is -2.14. The number of hydrogen-bond donors (Lipinski definition) is 1. The van der Waals surface area contributed by atoms with Gasteiger partial charge in [-0.15, -0.1) is 0 Å². The van der Waals surface area contributed by atoms with Crippen molar-refractivity contribution >= 4 is 5.82 Å². The molecule has 2 N–H and O–H groups in total. The van der Waals surface area contributed by atoms with Crippen LogP contribution in [-0.2, 0) is 13.1 Å². The number of nitrogens with two attached hydrogens (primary N) is 1. The Labute approximate surface area is 98.8 Å². The summed E-state index contributed by atoms with van der Waals surface area (Å²) in [5.74, 6) is 0.831. The number of rotatable bonds is 4. The molecule has 0 fully saturated rings. The highest BCUT2D eigenvalue weighted by Gasteiger charge is 2.08. The summed E-state index contributed by atoms with van der Waals surface area (Å²) in [4.78, 5) is 1.93. The van der Waals surface area contributed by atoms with Gasteiger partial charge >= 0.3 is 0 Å². The molecule has 2 rings (SSSR count). The van der Waals surface area contributed by atoms with Crippen molar-refractivity contribution in [3.05, 3.63) is 47.5 Å². The summed E-state index contributed by atoms with van der Waals surface area (Å²) in [5.41, 5.74) is 6.10. The molecule has 0 radical (unpaired) electrons. The van der Waals surface area contributed by atoms with Crippen LogP contribution in [0.3, 0.4) is 0 Å². The van der Waals surface area contributed by atoms with E-state index in [9.17, 15) is 4.39 Å². The van der Waals surface area contributed by atoms with Gasteiger partial charge in [-0.25, -0.2) is 4.39 Å². The molecule has 0 atom stereocenters. The van der Waals surface area contributed by atoms with E-state index in [2.05, 4.69) is 5.16 Å². The highest BCUT2D eigenvalue weighted by Crippen LogP contribution is 2.12. The fourth-order valence-corrected chi connectivity index (χ4v) is 1.64. The molecule has 0 saturated carbocycles. The van der Waals surface area contributed by atoms with Crippen LogP contribution in [0.15, 0.2) is 34.9 Å². The molecule has 0 aliphatic rings. The zero-order valence-corrected chi connectivity index (χ0v) is 9.56. The predicted molar refractivity (Wildman–Crippen MR) is 62.5 cm³/mol. The molecule has 0 aliphatic carbocycles. The Kier molecular flexibility index (Phi) is 3.39. The Bertz CT molecular complexity index is 498. The highest BCUT2D eigenvalue weighted by molar-refractivity contribution is 5.26. The van der Waals surface area contributed by atoms with Crippen LogP contribution >= 0.6 is 0 Å². The van der Waals surface area contributed by atoms with Gasteiger partial charge in [0, 0.05) is 18.2 Å². The van der Waals surface area contributed by atoms with Gasteiger partial charge in [0.15, 0.2) is 11.6 Å². The number of nitrogen functional groups attached to an aromatic ring is 1. The van der Waals surface area contributed by atoms with E-state index >= 15 is 0 Å². The molecule has 17 heavy (non-hydrogen) atoms. The first-order valence-corrected chi connectivity index (χ1v) is 5.28. The smallest absolute Gasteiger partial charge is 0.167 e. The van der Waals surface area contributed by atoms with Gasteiger partial charge < -0.3 is 10.3 Å². The maximum atomic E-state index is 13.4. The van der Waals surface area contributed by atoms with Crippen LogP contribution in [0, 0.1) is 5.82 Å². The van der Waals surface area contributed by atoms with Crippen LogP contribution in [-0.4, -0.2) is 17.1 Å². The van der Waals surface area contributed by atoms with Crippen molar-refractivity contribution in [2.75, 3.05) is 12.8 Å².